The Labute approximate surface area is 174 Å². The zero-order valence-electron chi connectivity index (χ0n) is 17.3. The summed E-state index contributed by atoms with van der Waals surface area (Å²) in [5.74, 6) is 0.420. The number of thiazole rings is 1. The van der Waals surface area contributed by atoms with E-state index in [0.717, 1.165) is 33.1 Å². The lowest BCUT2D eigenvalue weighted by atomic mass is 10.1. The predicted molar refractivity (Wildman–Crippen MR) is 117 cm³/mol. The van der Waals surface area contributed by atoms with E-state index in [1.807, 2.05) is 52.0 Å². The number of nitrogens with one attached hydrogen (secondary N) is 1. The van der Waals surface area contributed by atoms with E-state index in [-0.39, 0.29) is 18.3 Å². The summed E-state index contributed by atoms with van der Waals surface area (Å²) in [5, 5.41) is 3.72. The van der Waals surface area contributed by atoms with Crippen molar-refractivity contribution in [1.29, 1.82) is 0 Å². The maximum Gasteiger partial charge on any atom is 0.262 e. The molecule has 29 heavy (non-hydrogen) atoms. The highest BCUT2D eigenvalue weighted by Crippen LogP contribution is 2.29. The van der Waals surface area contributed by atoms with Gasteiger partial charge in [0, 0.05) is 18.2 Å². The number of amides is 1. The molecule has 6 heteroatoms. The Hall–Kier alpha value is -2.99. The number of anilines is 1. The molecule has 0 saturated carbocycles. The van der Waals surface area contributed by atoms with E-state index in [1.54, 1.807) is 19.1 Å². The van der Waals surface area contributed by atoms with Crippen LogP contribution < -0.4 is 10.1 Å². The van der Waals surface area contributed by atoms with Crippen molar-refractivity contribution in [2.45, 2.75) is 34.6 Å². The molecule has 2 aromatic carbocycles. The van der Waals surface area contributed by atoms with E-state index >= 15 is 0 Å². The number of ether oxygens (including phenoxy) is 1. The van der Waals surface area contributed by atoms with Gasteiger partial charge in [0.1, 0.15) is 10.8 Å². The zero-order valence-corrected chi connectivity index (χ0v) is 18.1. The topological polar surface area (TPSA) is 68.3 Å². The van der Waals surface area contributed by atoms with Crippen molar-refractivity contribution >= 4 is 28.7 Å². The van der Waals surface area contributed by atoms with Crippen molar-refractivity contribution in [1.82, 2.24) is 4.98 Å². The number of hydrogen-bond donors (Lipinski definition) is 1. The van der Waals surface area contributed by atoms with Crippen molar-refractivity contribution < 1.29 is 14.3 Å². The van der Waals surface area contributed by atoms with Crippen LogP contribution in [0.25, 0.3) is 10.6 Å². The molecule has 1 N–H and O–H groups in total. The number of nitrogens with zero attached hydrogens (tertiary/aromatic N) is 1. The fraction of sp³-hybridized carbons (Fsp3) is 0.261. The average molecular weight is 409 g/mol. The summed E-state index contributed by atoms with van der Waals surface area (Å²) in [6.07, 6.45) is 0. The molecule has 0 aliphatic heterocycles. The van der Waals surface area contributed by atoms with Crippen LogP contribution in [-0.2, 0) is 4.79 Å². The van der Waals surface area contributed by atoms with Crippen LogP contribution in [0.15, 0.2) is 36.4 Å². The largest absolute Gasteiger partial charge is 0.484 e. The Bertz CT molecular complexity index is 1050. The Balaban J connectivity index is 1.63. The fourth-order valence-electron chi connectivity index (χ4n) is 3.24. The molecule has 0 atom stereocenters. The highest BCUT2D eigenvalue weighted by molar-refractivity contribution is 7.17. The first-order valence-corrected chi connectivity index (χ1v) is 10.2. The van der Waals surface area contributed by atoms with Gasteiger partial charge in [0.05, 0.1) is 10.6 Å². The van der Waals surface area contributed by atoms with Gasteiger partial charge >= 0.3 is 0 Å². The number of carbonyl (C=O) groups is 2. The third-order valence-corrected chi connectivity index (χ3v) is 5.84. The molecule has 3 aromatic rings. The van der Waals surface area contributed by atoms with Crippen molar-refractivity contribution in [3.8, 4) is 16.3 Å². The summed E-state index contributed by atoms with van der Waals surface area (Å²) < 4.78 is 5.62. The lowest BCUT2D eigenvalue weighted by Gasteiger charge is -2.13. The number of aryl methyl sites for hydroxylation is 4. The van der Waals surface area contributed by atoms with Crippen molar-refractivity contribution in [2.75, 3.05) is 11.9 Å². The maximum atomic E-state index is 12.3. The highest BCUT2D eigenvalue weighted by Gasteiger charge is 2.13. The molecule has 1 amide bonds. The molecule has 0 aliphatic carbocycles. The molecule has 150 valence electrons. The monoisotopic (exact) mass is 408 g/mol. The van der Waals surface area contributed by atoms with Gasteiger partial charge in [-0.3, -0.25) is 9.59 Å². The quantitative estimate of drug-likeness (QED) is 0.565. The van der Waals surface area contributed by atoms with Gasteiger partial charge in [-0.25, -0.2) is 4.98 Å². The summed E-state index contributed by atoms with van der Waals surface area (Å²) in [4.78, 5) is 29.1. The van der Waals surface area contributed by atoms with Crippen LogP contribution in [0.2, 0.25) is 0 Å². The van der Waals surface area contributed by atoms with Crippen molar-refractivity contribution in [3.63, 3.8) is 0 Å². The molecule has 0 spiro atoms. The van der Waals surface area contributed by atoms with E-state index < -0.39 is 0 Å². The van der Waals surface area contributed by atoms with Gasteiger partial charge in [0.25, 0.3) is 5.91 Å². The minimum Gasteiger partial charge on any atom is -0.484 e. The zero-order chi connectivity index (χ0) is 21.1. The molecule has 1 heterocycles. The molecule has 3 rings (SSSR count). The molecule has 0 unspecified atom stereocenters. The van der Waals surface area contributed by atoms with Gasteiger partial charge in [-0.05, 0) is 63.1 Å². The molecule has 0 saturated heterocycles. The van der Waals surface area contributed by atoms with Gasteiger partial charge < -0.3 is 10.1 Å². The van der Waals surface area contributed by atoms with Crippen molar-refractivity contribution in [2.24, 2.45) is 0 Å². The fourth-order valence-corrected chi connectivity index (χ4v) is 4.21. The van der Waals surface area contributed by atoms with E-state index in [0.29, 0.717) is 10.6 Å². The smallest absolute Gasteiger partial charge is 0.262 e. The number of hydrogen-bond acceptors (Lipinski definition) is 5. The Kier molecular flexibility index (Phi) is 6.13. The maximum absolute atomic E-state index is 12.3. The predicted octanol–water partition coefficient (Wildman–Crippen LogP) is 5.26. The summed E-state index contributed by atoms with van der Waals surface area (Å²) >= 11 is 1.38. The van der Waals surface area contributed by atoms with Crippen LogP contribution in [0.4, 0.5) is 5.69 Å². The number of benzene rings is 2. The second-order valence-electron chi connectivity index (χ2n) is 7.12. The molecular weight excluding hydrogens is 384 g/mol. The van der Waals surface area contributed by atoms with Crippen LogP contribution in [0.5, 0.6) is 5.75 Å². The molecule has 0 fully saturated rings. The van der Waals surface area contributed by atoms with Crippen LogP contribution in [0.1, 0.15) is 39.0 Å². The van der Waals surface area contributed by atoms with Crippen LogP contribution in [-0.4, -0.2) is 23.3 Å². The number of carbonyl (C=O) groups excluding carboxylic acids is 2. The van der Waals surface area contributed by atoms with Gasteiger partial charge in [-0.2, -0.15) is 0 Å². The average Bonchev–Trinajstić information content (AvgIpc) is 3.05. The molecular formula is C23H24N2O3S. The first-order valence-electron chi connectivity index (χ1n) is 9.34. The van der Waals surface area contributed by atoms with E-state index in [4.69, 9.17) is 4.74 Å². The summed E-state index contributed by atoms with van der Waals surface area (Å²) in [6.45, 7) is 9.31. The number of Topliss-reactive ketones (excluding diaryl/α,β-unsaturated/α-hetero) is 1. The summed E-state index contributed by atoms with van der Waals surface area (Å²) in [5.41, 5.74) is 5.72. The van der Waals surface area contributed by atoms with Gasteiger partial charge in [-0.15, -0.1) is 11.3 Å². The summed E-state index contributed by atoms with van der Waals surface area (Å²) in [6, 6.07) is 11.4. The van der Waals surface area contributed by atoms with Crippen LogP contribution >= 0.6 is 11.3 Å². The Morgan fingerprint density at radius 1 is 1.03 bits per heavy atom. The molecule has 0 radical (unpaired) electrons. The van der Waals surface area contributed by atoms with Gasteiger partial charge in [-0.1, -0.05) is 17.7 Å². The Morgan fingerprint density at radius 2 is 1.66 bits per heavy atom. The van der Waals surface area contributed by atoms with Gasteiger partial charge in [0.2, 0.25) is 0 Å². The SMILES string of the molecule is CC(=O)c1sc(-c2ccc(OCC(=O)Nc3c(C)cc(C)cc3C)cc2)nc1C. The van der Waals surface area contributed by atoms with E-state index in [1.165, 1.54) is 16.9 Å². The Morgan fingerprint density at radius 3 is 2.21 bits per heavy atom. The number of aromatic nitrogens is 1. The standard InChI is InChI=1S/C23H24N2O3S/c1-13-10-14(2)21(15(3)11-13)25-20(27)12-28-19-8-6-18(7-9-19)23-24-16(4)22(29-23)17(5)26/h6-11H,12H2,1-5H3,(H,25,27). The highest BCUT2D eigenvalue weighted by atomic mass is 32.1. The minimum absolute atomic E-state index is 0.0243. The first-order chi connectivity index (χ1) is 13.7. The minimum atomic E-state index is -0.203. The summed E-state index contributed by atoms with van der Waals surface area (Å²) in [7, 11) is 0. The third kappa shape index (κ3) is 4.90. The van der Waals surface area contributed by atoms with Crippen molar-refractivity contribution in [3.05, 3.63) is 63.7 Å². The van der Waals surface area contributed by atoms with E-state index in [2.05, 4.69) is 10.3 Å². The lowest BCUT2D eigenvalue weighted by molar-refractivity contribution is -0.118. The molecule has 0 bridgehead atoms. The number of ketones is 1. The number of rotatable bonds is 6. The third-order valence-electron chi connectivity index (χ3n) is 4.53. The molecule has 1 aromatic heterocycles. The second kappa shape index (κ2) is 8.57. The van der Waals surface area contributed by atoms with Crippen LogP contribution in [0, 0.1) is 27.7 Å². The molecule has 5 nitrogen and oxygen atoms in total. The molecule has 0 aliphatic rings. The van der Waals surface area contributed by atoms with E-state index in [9.17, 15) is 9.59 Å². The lowest BCUT2D eigenvalue weighted by Crippen LogP contribution is -2.21. The van der Waals surface area contributed by atoms with Crippen LogP contribution in [0.3, 0.4) is 0 Å². The normalized spacial score (nSPS) is 10.7. The van der Waals surface area contributed by atoms with Gasteiger partial charge in [0.15, 0.2) is 12.4 Å². The first kappa shape index (κ1) is 20.7. The second-order valence-corrected chi connectivity index (χ2v) is 8.12.